The minimum atomic E-state index is 0.236. The fourth-order valence-electron chi connectivity index (χ4n) is 4.12. The second kappa shape index (κ2) is 5.39. The topological polar surface area (TPSA) is 32.1 Å². The van der Waals surface area contributed by atoms with E-state index in [1.807, 2.05) is 32.0 Å². The summed E-state index contributed by atoms with van der Waals surface area (Å²) < 4.78 is 2.08. The molecule has 0 aromatic heterocycles. The highest BCUT2D eigenvalue weighted by molar-refractivity contribution is 5.83. The molecular formula is C17H23N2O+. The number of carbonyl (C=O) groups is 1. The van der Waals surface area contributed by atoms with Gasteiger partial charge in [-0.25, -0.2) is 0 Å². The zero-order valence-corrected chi connectivity index (χ0v) is 12.3. The predicted octanol–water partition coefficient (Wildman–Crippen LogP) is 2.60. The van der Waals surface area contributed by atoms with Crippen molar-refractivity contribution in [3.05, 3.63) is 35.9 Å². The van der Waals surface area contributed by atoms with E-state index in [9.17, 15) is 4.79 Å². The first-order valence-electron chi connectivity index (χ1n) is 7.82. The van der Waals surface area contributed by atoms with Crippen LogP contribution in [-0.2, 0) is 4.79 Å². The summed E-state index contributed by atoms with van der Waals surface area (Å²) in [5, 5.41) is 0. The van der Waals surface area contributed by atoms with Crippen molar-refractivity contribution >= 4 is 12.1 Å². The molecule has 1 heterocycles. The van der Waals surface area contributed by atoms with Gasteiger partial charge in [0.15, 0.2) is 6.04 Å². The Hall–Kier alpha value is -1.64. The van der Waals surface area contributed by atoms with Crippen molar-refractivity contribution in [2.24, 2.45) is 17.8 Å². The number of hydrazine groups is 1. The van der Waals surface area contributed by atoms with Gasteiger partial charge in [-0.1, -0.05) is 32.0 Å². The number of carbonyl (C=O) groups excluding carboxylic acids is 1. The van der Waals surface area contributed by atoms with Crippen LogP contribution in [0.2, 0.25) is 0 Å². The van der Waals surface area contributed by atoms with Crippen LogP contribution >= 0.6 is 0 Å². The Morgan fingerprint density at radius 3 is 2.60 bits per heavy atom. The summed E-state index contributed by atoms with van der Waals surface area (Å²) in [7, 11) is 0. The molecule has 3 fully saturated rings. The smallest absolute Gasteiger partial charge is 0.269 e. The first kappa shape index (κ1) is 13.3. The number of benzene rings is 1. The van der Waals surface area contributed by atoms with Crippen molar-refractivity contribution in [3.8, 4) is 0 Å². The molecule has 1 saturated heterocycles. The van der Waals surface area contributed by atoms with E-state index in [1.165, 1.54) is 19.3 Å². The SMILES string of the molecule is CC.O=C1N/[N+](=C\c2ccccc2)C2C1[C@@H]1CC[C@H]2C1. The summed E-state index contributed by atoms with van der Waals surface area (Å²) in [5.74, 6) is 1.82. The summed E-state index contributed by atoms with van der Waals surface area (Å²) >= 11 is 0. The Kier molecular flexibility index (Phi) is 3.60. The largest absolute Gasteiger partial charge is 0.284 e. The molecule has 20 heavy (non-hydrogen) atoms. The van der Waals surface area contributed by atoms with Gasteiger partial charge in [0.1, 0.15) is 5.92 Å². The first-order valence-corrected chi connectivity index (χ1v) is 7.82. The Balaban J connectivity index is 0.000000581. The van der Waals surface area contributed by atoms with Crippen LogP contribution in [0.25, 0.3) is 0 Å². The highest BCUT2D eigenvalue weighted by atomic mass is 16.2. The van der Waals surface area contributed by atoms with Crippen LogP contribution in [-0.4, -0.2) is 22.8 Å². The third kappa shape index (κ3) is 2.05. The Morgan fingerprint density at radius 1 is 1.15 bits per heavy atom. The van der Waals surface area contributed by atoms with Crippen LogP contribution < -0.4 is 5.43 Å². The summed E-state index contributed by atoms with van der Waals surface area (Å²) in [4.78, 5) is 12.1. The molecule has 4 rings (SSSR count). The van der Waals surface area contributed by atoms with Gasteiger partial charge in [0.2, 0.25) is 6.21 Å². The summed E-state index contributed by atoms with van der Waals surface area (Å²) in [5.41, 5.74) is 4.20. The van der Waals surface area contributed by atoms with E-state index in [0.29, 0.717) is 17.9 Å². The maximum Gasteiger partial charge on any atom is 0.284 e. The number of hydrazone groups is 1. The fourth-order valence-corrected chi connectivity index (χ4v) is 4.12. The lowest BCUT2D eigenvalue weighted by Crippen LogP contribution is -2.34. The highest BCUT2D eigenvalue weighted by Gasteiger charge is 2.61. The van der Waals surface area contributed by atoms with Gasteiger partial charge >= 0.3 is 0 Å². The summed E-state index contributed by atoms with van der Waals surface area (Å²) in [6, 6.07) is 10.6. The molecule has 0 radical (unpaired) electrons. The summed E-state index contributed by atoms with van der Waals surface area (Å²) in [6.07, 6.45) is 5.88. The van der Waals surface area contributed by atoms with Gasteiger partial charge < -0.3 is 0 Å². The molecule has 1 aromatic carbocycles. The molecule has 2 unspecified atom stereocenters. The van der Waals surface area contributed by atoms with Crippen molar-refractivity contribution < 1.29 is 9.48 Å². The zero-order chi connectivity index (χ0) is 14.1. The van der Waals surface area contributed by atoms with Gasteiger partial charge in [0.05, 0.1) is 0 Å². The molecule has 0 spiro atoms. The molecule has 2 aliphatic carbocycles. The van der Waals surface area contributed by atoms with Gasteiger partial charge in [-0.2, -0.15) is 0 Å². The molecule has 1 aromatic rings. The quantitative estimate of drug-likeness (QED) is 0.782. The van der Waals surface area contributed by atoms with Crippen LogP contribution in [0, 0.1) is 17.8 Å². The van der Waals surface area contributed by atoms with Crippen LogP contribution in [0.1, 0.15) is 38.7 Å². The molecule has 3 heteroatoms. The molecule has 1 aliphatic heterocycles. The lowest BCUT2D eigenvalue weighted by molar-refractivity contribution is -0.598. The molecule has 4 atom stereocenters. The third-order valence-electron chi connectivity index (χ3n) is 4.82. The zero-order valence-electron chi connectivity index (χ0n) is 12.3. The molecular weight excluding hydrogens is 248 g/mol. The highest BCUT2D eigenvalue weighted by Crippen LogP contribution is 2.51. The Bertz CT molecular complexity index is 523. The Morgan fingerprint density at radius 2 is 1.85 bits per heavy atom. The second-order valence-electron chi connectivity index (χ2n) is 5.77. The number of rotatable bonds is 1. The van der Waals surface area contributed by atoms with Gasteiger partial charge in [0.25, 0.3) is 5.91 Å². The molecule has 3 aliphatic rings. The van der Waals surface area contributed by atoms with Crippen molar-refractivity contribution in [1.29, 1.82) is 0 Å². The molecule has 3 nitrogen and oxygen atoms in total. The normalized spacial score (nSPS) is 35.5. The van der Waals surface area contributed by atoms with E-state index in [4.69, 9.17) is 0 Å². The lowest BCUT2D eigenvalue weighted by atomic mass is 9.85. The molecule has 1 amide bonds. The van der Waals surface area contributed by atoms with Crippen molar-refractivity contribution in [3.63, 3.8) is 0 Å². The van der Waals surface area contributed by atoms with E-state index in [0.717, 1.165) is 5.56 Å². The van der Waals surface area contributed by atoms with Crippen LogP contribution in [0.4, 0.5) is 0 Å². The van der Waals surface area contributed by atoms with Crippen LogP contribution in [0.5, 0.6) is 0 Å². The number of fused-ring (bicyclic) bond motifs is 5. The second-order valence-corrected chi connectivity index (χ2v) is 5.77. The maximum absolute atomic E-state index is 12.1. The summed E-state index contributed by atoms with van der Waals surface area (Å²) in [6.45, 7) is 4.00. The number of hydrogen-bond acceptors (Lipinski definition) is 1. The minimum Gasteiger partial charge on any atom is -0.269 e. The van der Waals surface area contributed by atoms with Crippen molar-refractivity contribution in [1.82, 2.24) is 5.43 Å². The van der Waals surface area contributed by atoms with Crippen LogP contribution in [0.3, 0.4) is 0 Å². The maximum atomic E-state index is 12.1. The van der Waals surface area contributed by atoms with E-state index in [1.54, 1.807) is 0 Å². The van der Waals surface area contributed by atoms with E-state index in [-0.39, 0.29) is 11.8 Å². The number of amides is 1. The molecule has 2 saturated carbocycles. The number of hydrogen-bond donors (Lipinski definition) is 1. The lowest BCUT2D eigenvalue weighted by Gasteiger charge is -2.16. The third-order valence-corrected chi connectivity index (χ3v) is 4.82. The standard InChI is InChI=1S/C15H16N2O.C2H6/c18-15-13-11-6-7-12(8-11)14(13)17(16-15)9-10-4-2-1-3-5-10;1-2/h1-5,9,11-14H,6-8H2;1-2H3/p+1/b17-9-;/t11-,12+,13?,14?;/m1./s1. The number of nitrogens with zero attached hydrogens (tertiary/aromatic N) is 1. The average molecular weight is 271 g/mol. The average Bonchev–Trinajstić information content (AvgIpc) is 3.17. The van der Waals surface area contributed by atoms with Gasteiger partial charge in [0, 0.05) is 11.5 Å². The fraction of sp³-hybridized carbons (Fsp3) is 0.529. The van der Waals surface area contributed by atoms with Gasteiger partial charge in [-0.05, 0) is 37.3 Å². The van der Waals surface area contributed by atoms with Gasteiger partial charge in [-0.3, -0.25) is 4.79 Å². The predicted molar refractivity (Wildman–Crippen MR) is 79.5 cm³/mol. The minimum absolute atomic E-state index is 0.236. The number of nitrogens with one attached hydrogen (secondary N) is 1. The van der Waals surface area contributed by atoms with E-state index in [2.05, 4.69) is 28.5 Å². The first-order chi connectivity index (χ1) is 9.83. The van der Waals surface area contributed by atoms with E-state index >= 15 is 0 Å². The van der Waals surface area contributed by atoms with Gasteiger partial charge in [-0.15, -0.1) is 10.1 Å². The molecule has 1 N–H and O–H groups in total. The Labute approximate surface area is 120 Å². The molecule has 2 bridgehead atoms. The van der Waals surface area contributed by atoms with Crippen molar-refractivity contribution in [2.75, 3.05) is 0 Å². The molecule has 106 valence electrons. The van der Waals surface area contributed by atoms with Crippen LogP contribution in [0.15, 0.2) is 30.3 Å². The monoisotopic (exact) mass is 271 g/mol. The van der Waals surface area contributed by atoms with E-state index < -0.39 is 0 Å². The van der Waals surface area contributed by atoms with Crippen molar-refractivity contribution in [2.45, 2.75) is 39.2 Å².